The van der Waals surface area contributed by atoms with Crippen LogP contribution in [0.3, 0.4) is 0 Å². The van der Waals surface area contributed by atoms with Crippen molar-refractivity contribution in [3.8, 4) is 0 Å². The van der Waals surface area contributed by atoms with E-state index in [1.807, 2.05) is 26.0 Å². The molecule has 2 aromatic rings. The molecule has 0 bridgehead atoms. The van der Waals surface area contributed by atoms with Crippen LogP contribution in [-0.4, -0.2) is 23.9 Å². The summed E-state index contributed by atoms with van der Waals surface area (Å²) in [7, 11) is 0. The fraction of sp³-hybridized carbons (Fsp3) is 0.364. The van der Waals surface area contributed by atoms with Crippen LogP contribution in [0.15, 0.2) is 48.5 Å². The van der Waals surface area contributed by atoms with Gasteiger partial charge in [0.25, 0.3) is 5.91 Å². The lowest BCUT2D eigenvalue weighted by molar-refractivity contribution is -0.117. The number of carbonyl (C=O) groups excluding carboxylic acids is 2. The second-order valence-electron chi connectivity index (χ2n) is 7.70. The van der Waals surface area contributed by atoms with Crippen LogP contribution in [0.25, 0.3) is 0 Å². The molecular formula is C22H26N2O2. The van der Waals surface area contributed by atoms with E-state index < -0.39 is 0 Å². The van der Waals surface area contributed by atoms with E-state index in [4.69, 9.17) is 0 Å². The molecule has 0 aromatic heterocycles. The summed E-state index contributed by atoms with van der Waals surface area (Å²) >= 11 is 0. The Kier molecular flexibility index (Phi) is 5.12. The van der Waals surface area contributed by atoms with Gasteiger partial charge in [-0.15, -0.1) is 0 Å². The summed E-state index contributed by atoms with van der Waals surface area (Å²) in [5.74, 6) is 0.0119. The summed E-state index contributed by atoms with van der Waals surface area (Å²) < 4.78 is 0. The largest absolute Gasteiger partial charge is 0.347 e. The van der Waals surface area contributed by atoms with Crippen molar-refractivity contribution in [3.05, 3.63) is 65.2 Å². The van der Waals surface area contributed by atoms with Crippen molar-refractivity contribution in [2.24, 2.45) is 0 Å². The predicted octanol–water partition coefficient (Wildman–Crippen LogP) is 3.87. The SMILES string of the molecule is Cc1ccc(CC(C)(C)NC(=O)c2cccc(N3CCCC3=O)c2)cc1. The van der Waals surface area contributed by atoms with E-state index in [-0.39, 0.29) is 17.4 Å². The summed E-state index contributed by atoms with van der Waals surface area (Å²) in [5, 5.41) is 3.12. The Morgan fingerprint density at radius 1 is 1.15 bits per heavy atom. The number of nitrogens with one attached hydrogen (secondary N) is 1. The molecule has 1 aliphatic rings. The van der Waals surface area contributed by atoms with E-state index in [0.29, 0.717) is 12.0 Å². The van der Waals surface area contributed by atoms with Gasteiger partial charge < -0.3 is 10.2 Å². The topological polar surface area (TPSA) is 49.4 Å². The standard InChI is InChI=1S/C22H26N2O2/c1-16-9-11-17(12-10-16)15-22(2,3)23-21(26)18-6-4-7-19(14-18)24-13-5-8-20(24)25/h4,6-7,9-12,14H,5,8,13,15H2,1-3H3,(H,23,26). The molecule has 2 amide bonds. The third-order valence-corrected chi connectivity index (χ3v) is 4.71. The molecule has 1 N–H and O–H groups in total. The molecule has 1 saturated heterocycles. The van der Waals surface area contributed by atoms with Gasteiger partial charge in [-0.2, -0.15) is 0 Å². The molecular weight excluding hydrogens is 324 g/mol. The van der Waals surface area contributed by atoms with Crippen LogP contribution < -0.4 is 10.2 Å². The fourth-order valence-corrected chi connectivity index (χ4v) is 3.38. The van der Waals surface area contributed by atoms with Gasteiger partial charge in [0.05, 0.1) is 0 Å². The van der Waals surface area contributed by atoms with Gasteiger partial charge in [0.2, 0.25) is 5.91 Å². The molecule has 1 fully saturated rings. The van der Waals surface area contributed by atoms with Crippen molar-refractivity contribution in [1.29, 1.82) is 0 Å². The van der Waals surface area contributed by atoms with Crippen LogP contribution in [0, 0.1) is 6.92 Å². The number of aryl methyl sites for hydroxylation is 1. The lowest BCUT2D eigenvalue weighted by Crippen LogP contribution is -2.45. The maximum atomic E-state index is 12.7. The number of anilines is 1. The third-order valence-electron chi connectivity index (χ3n) is 4.71. The molecule has 0 radical (unpaired) electrons. The summed E-state index contributed by atoms with van der Waals surface area (Å²) in [5.41, 5.74) is 3.43. The van der Waals surface area contributed by atoms with Crippen molar-refractivity contribution in [2.75, 3.05) is 11.4 Å². The Morgan fingerprint density at radius 3 is 2.54 bits per heavy atom. The first kappa shape index (κ1) is 18.2. The highest BCUT2D eigenvalue weighted by atomic mass is 16.2. The van der Waals surface area contributed by atoms with Crippen molar-refractivity contribution in [1.82, 2.24) is 5.32 Å². The zero-order valence-corrected chi connectivity index (χ0v) is 15.7. The maximum Gasteiger partial charge on any atom is 0.251 e. The van der Waals surface area contributed by atoms with Gasteiger partial charge in [0.1, 0.15) is 0 Å². The number of hydrogen-bond acceptors (Lipinski definition) is 2. The summed E-state index contributed by atoms with van der Waals surface area (Å²) in [4.78, 5) is 26.4. The minimum Gasteiger partial charge on any atom is -0.347 e. The van der Waals surface area contributed by atoms with Crippen molar-refractivity contribution < 1.29 is 9.59 Å². The quantitative estimate of drug-likeness (QED) is 0.890. The smallest absolute Gasteiger partial charge is 0.251 e. The number of nitrogens with zero attached hydrogens (tertiary/aromatic N) is 1. The minimum atomic E-state index is -0.369. The van der Waals surface area contributed by atoms with Crippen molar-refractivity contribution in [3.63, 3.8) is 0 Å². The molecule has 0 aliphatic carbocycles. The highest BCUT2D eigenvalue weighted by molar-refractivity contribution is 5.99. The number of benzene rings is 2. The molecule has 4 heteroatoms. The Hall–Kier alpha value is -2.62. The van der Waals surface area contributed by atoms with E-state index in [9.17, 15) is 9.59 Å². The number of carbonyl (C=O) groups is 2. The second-order valence-corrected chi connectivity index (χ2v) is 7.70. The van der Waals surface area contributed by atoms with Gasteiger partial charge in [-0.05, 0) is 57.4 Å². The molecule has 1 aliphatic heterocycles. The van der Waals surface area contributed by atoms with E-state index in [1.54, 1.807) is 17.0 Å². The van der Waals surface area contributed by atoms with Gasteiger partial charge in [-0.25, -0.2) is 0 Å². The third kappa shape index (κ3) is 4.31. The summed E-state index contributed by atoms with van der Waals surface area (Å²) in [6.45, 7) is 6.84. The molecule has 3 rings (SSSR count). The Bertz CT molecular complexity index is 809. The monoisotopic (exact) mass is 350 g/mol. The average molecular weight is 350 g/mol. The highest BCUT2D eigenvalue weighted by Crippen LogP contribution is 2.23. The Labute approximate surface area is 155 Å². The second kappa shape index (κ2) is 7.32. The van der Waals surface area contributed by atoms with Crippen LogP contribution in [0.2, 0.25) is 0 Å². The van der Waals surface area contributed by atoms with E-state index in [0.717, 1.165) is 25.1 Å². The normalized spacial score (nSPS) is 14.6. The van der Waals surface area contributed by atoms with Gasteiger partial charge in [-0.1, -0.05) is 35.9 Å². The molecule has 136 valence electrons. The molecule has 26 heavy (non-hydrogen) atoms. The van der Waals surface area contributed by atoms with Gasteiger partial charge in [0, 0.05) is 29.8 Å². The molecule has 0 atom stereocenters. The van der Waals surface area contributed by atoms with Crippen LogP contribution in [0.4, 0.5) is 5.69 Å². The summed E-state index contributed by atoms with van der Waals surface area (Å²) in [6, 6.07) is 15.7. The van der Waals surface area contributed by atoms with Crippen LogP contribution in [0.5, 0.6) is 0 Å². The van der Waals surface area contributed by atoms with Crippen LogP contribution >= 0.6 is 0 Å². The first-order valence-electron chi connectivity index (χ1n) is 9.13. The van der Waals surface area contributed by atoms with E-state index in [2.05, 4.69) is 36.5 Å². The van der Waals surface area contributed by atoms with Crippen LogP contribution in [-0.2, 0) is 11.2 Å². The molecule has 0 spiro atoms. The predicted molar refractivity (Wildman–Crippen MR) is 104 cm³/mol. The zero-order chi connectivity index (χ0) is 18.7. The number of hydrogen-bond donors (Lipinski definition) is 1. The van der Waals surface area contributed by atoms with Crippen molar-refractivity contribution in [2.45, 2.75) is 45.6 Å². The highest BCUT2D eigenvalue weighted by Gasteiger charge is 2.24. The molecule has 1 heterocycles. The first-order chi connectivity index (χ1) is 12.3. The summed E-state index contributed by atoms with van der Waals surface area (Å²) in [6.07, 6.45) is 2.21. The van der Waals surface area contributed by atoms with E-state index >= 15 is 0 Å². The molecule has 4 nitrogen and oxygen atoms in total. The maximum absolute atomic E-state index is 12.7. The molecule has 0 unspecified atom stereocenters. The Balaban J connectivity index is 1.70. The first-order valence-corrected chi connectivity index (χ1v) is 9.13. The zero-order valence-electron chi connectivity index (χ0n) is 15.7. The average Bonchev–Trinajstić information content (AvgIpc) is 3.02. The van der Waals surface area contributed by atoms with Gasteiger partial charge >= 0.3 is 0 Å². The minimum absolute atomic E-state index is 0.115. The Morgan fingerprint density at radius 2 is 1.88 bits per heavy atom. The number of rotatable bonds is 5. The van der Waals surface area contributed by atoms with Gasteiger partial charge in [-0.3, -0.25) is 9.59 Å². The van der Waals surface area contributed by atoms with Crippen LogP contribution in [0.1, 0.15) is 48.2 Å². The van der Waals surface area contributed by atoms with E-state index in [1.165, 1.54) is 11.1 Å². The lowest BCUT2D eigenvalue weighted by Gasteiger charge is -2.27. The fourth-order valence-electron chi connectivity index (χ4n) is 3.38. The molecule has 0 saturated carbocycles. The van der Waals surface area contributed by atoms with Gasteiger partial charge in [0.15, 0.2) is 0 Å². The lowest BCUT2D eigenvalue weighted by atomic mass is 9.94. The van der Waals surface area contributed by atoms with Crippen molar-refractivity contribution >= 4 is 17.5 Å². The number of amides is 2. The molecule has 2 aromatic carbocycles.